The van der Waals surface area contributed by atoms with E-state index in [-0.39, 0.29) is 30.6 Å². The molecule has 5 aliphatic heterocycles. The minimum Gasteiger partial charge on any atom is -0.486 e. The Hall–Kier alpha value is -3.98. The Bertz CT molecular complexity index is 1290. The number of aromatic nitrogens is 2. The molecule has 1 saturated heterocycles. The summed E-state index contributed by atoms with van der Waals surface area (Å²) in [6.07, 6.45) is 2.41. The molecule has 5 aliphatic rings. The van der Waals surface area contributed by atoms with Crippen LogP contribution >= 0.6 is 0 Å². The van der Waals surface area contributed by atoms with Gasteiger partial charge in [-0.25, -0.2) is 9.97 Å². The number of piperazine rings is 1. The number of rotatable bonds is 2. The largest absolute Gasteiger partial charge is 0.486 e. The van der Waals surface area contributed by atoms with Gasteiger partial charge in [-0.3, -0.25) is 14.5 Å². The van der Waals surface area contributed by atoms with Crippen LogP contribution in [0.3, 0.4) is 0 Å². The molecule has 1 aromatic heterocycles. The maximum absolute atomic E-state index is 13.5. The lowest BCUT2D eigenvalue weighted by molar-refractivity contribution is -0.140. The molecule has 0 aliphatic carbocycles. The topological polar surface area (TPSA) is 99.7 Å². The number of anilines is 4. The maximum atomic E-state index is 13.5. The molecule has 1 unspecified atom stereocenters. The summed E-state index contributed by atoms with van der Waals surface area (Å²) in [5.74, 6) is 1.96. The van der Waals surface area contributed by atoms with Crippen LogP contribution in [0.4, 0.5) is 23.0 Å². The summed E-state index contributed by atoms with van der Waals surface area (Å²) >= 11 is 0. The van der Waals surface area contributed by atoms with E-state index in [2.05, 4.69) is 51.5 Å². The predicted octanol–water partition coefficient (Wildman–Crippen LogP) is 4.62. The normalized spacial score (nSPS) is 20.3. The van der Waals surface area contributed by atoms with Gasteiger partial charge in [0.25, 0.3) is 0 Å². The van der Waals surface area contributed by atoms with Gasteiger partial charge in [0, 0.05) is 62.5 Å². The van der Waals surface area contributed by atoms with E-state index < -0.39 is 0 Å². The third-order valence-electron chi connectivity index (χ3n) is 7.06. The van der Waals surface area contributed by atoms with E-state index in [0.29, 0.717) is 42.8 Å². The summed E-state index contributed by atoms with van der Waals surface area (Å²) in [5.41, 5.74) is 2.97. The van der Waals surface area contributed by atoms with Crippen LogP contribution < -0.4 is 15.4 Å². The average molecular weight is 529 g/mol. The number of hydrogen-bond donors (Lipinski definition) is 2. The Morgan fingerprint density at radius 3 is 2.36 bits per heavy atom. The van der Waals surface area contributed by atoms with Crippen LogP contribution in [0.5, 0.6) is 5.75 Å². The standard InChI is InChI=1S/C30H36N6O3/c1-21(2)14-23-16-26(37)19-39-27-8-6-24(7-9-27)33-28-17-29(32-20-31-28)34-25-5-3-4-22(15-25)18-35-10-12-36(13-11-35)30(23)38/h3-9,15,17,20-21,23H,10-14,16,18-19H2,1-2H3,(H2,31,32,33,34). The van der Waals surface area contributed by atoms with Gasteiger partial charge in [-0.15, -0.1) is 0 Å². The fraction of sp³-hybridized carbons (Fsp3) is 0.400. The Morgan fingerprint density at radius 1 is 0.923 bits per heavy atom. The first-order valence-corrected chi connectivity index (χ1v) is 13.6. The lowest BCUT2D eigenvalue weighted by atomic mass is 9.91. The Balaban J connectivity index is 1.38. The van der Waals surface area contributed by atoms with Gasteiger partial charge in [0.1, 0.15) is 30.3 Å². The van der Waals surface area contributed by atoms with E-state index in [9.17, 15) is 9.59 Å². The maximum Gasteiger partial charge on any atom is 0.226 e. The van der Waals surface area contributed by atoms with E-state index in [1.54, 1.807) is 0 Å². The predicted molar refractivity (Wildman–Crippen MR) is 151 cm³/mol. The number of amides is 1. The molecule has 0 spiro atoms. The highest BCUT2D eigenvalue weighted by Crippen LogP contribution is 2.24. The van der Waals surface area contributed by atoms with Crippen molar-refractivity contribution in [1.29, 1.82) is 0 Å². The summed E-state index contributed by atoms with van der Waals surface area (Å²) in [5, 5.41) is 6.66. The third kappa shape index (κ3) is 7.32. The molecule has 1 atom stereocenters. The first-order valence-electron chi connectivity index (χ1n) is 13.6. The lowest BCUT2D eigenvalue weighted by Gasteiger charge is -2.36. The molecular formula is C30H36N6O3. The molecular weight excluding hydrogens is 492 g/mol. The summed E-state index contributed by atoms with van der Waals surface area (Å²) in [6, 6.07) is 17.5. The molecule has 8 rings (SSSR count). The molecule has 2 N–H and O–H groups in total. The smallest absolute Gasteiger partial charge is 0.226 e. The van der Waals surface area contributed by atoms with E-state index in [1.165, 1.54) is 11.9 Å². The molecule has 1 fully saturated rings. The van der Waals surface area contributed by atoms with Gasteiger partial charge in [-0.2, -0.15) is 0 Å². The van der Waals surface area contributed by atoms with Crippen LogP contribution in [-0.4, -0.2) is 64.2 Å². The number of ketones is 1. The van der Waals surface area contributed by atoms with Crippen LogP contribution in [0, 0.1) is 11.8 Å². The second kappa shape index (κ2) is 12.3. The first kappa shape index (κ1) is 26.6. The summed E-state index contributed by atoms with van der Waals surface area (Å²) in [7, 11) is 0. The zero-order valence-corrected chi connectivity index (χ0v) is 22.6. The van der Waals surface area contributed by atoms with Gasteiger partial charge >= 0.3 is 0 Å². The van der Waals surface area contributed by atoms with Gasteiger partial charge in [-0.05, 0) is 54.3 Å². The number of ether oxygens (including phenoxy) is 1. The highest BCUT2D eigenvalue weighted by molar-refractivity contribution is 5.87. The van der Waals surface area contributed by atoms with Crippen molar-refractivity contribution in [2.45, 2.75) is 33.2 Å². The van der Waals surface area contributed by atoms with Crippen LogP contribution in [-0.2, 0) is 16.1 Å². The fourth-order valence-electron chi connectivity index (χ4n) is 5.15. The number of carbonyl (C=O) groups is 2. The van der Waals surface area contributed by atoms with Crippen molar-refractivity contribution < 1.29 is 14.3 Å². The molecule has 1 amide bonds. The zero-order valence-electron chi connectivity index (χ0n) is 22.6. The highest BCUT2D eigenvalue weighted by atomic mass is 16.5. The monoisotopic (exact) mass is 528 g/mol. The van der Waals surface area contributed by atoms with Crippen molar-refractivity contribution in [2.24, 2.45) is 11.8 Å². The van der Waals surface area contributed by atoms with Crippen LogP contribution in [0.15, 0.2) is 60.9 Å². The minimum atomic E-state index is -0.320. The molecule has 204 valence electrons. The number of nitrogens with one attached hydrogen (secondary N) is 2. The number of carbonyl (C=O) groups excluding carboxylic acids is 2. The van der Waals surface area contributed by atoms with Gasteiger partial charge in [0.2, 0.25) is 5.91 Å². The number of nitrogens with zero attached hydrogens (tertiary/aromatic N) is 4. The highest BCUT2D eigenvalue weighted by Gasteiger charge is 2.29. The second-order valence-corrected chi connectivity index (χ2v) is 10.7. The quantitative estimate of drug-likeness (QED) is 0.497. The van der Waals surface area contributed by atoms with Crippen molar-refractivity contribution in [3.63, 3.8) is 0 Å². The van der Waals surface area contributed by atoms with Crippen molar-refractivity contribution in [2.75, 3.05) is 43.4 Å². The third-order valence-corrected chi connectivity index (χ3v) is 7.06. The number of Topliss-reactive ketones (excluding diaryl/α,β-unsaturated/α-hetero) is 1. The van der Waals surface area contributed by atoms with E-state index in [4.69, 9.17) is 4.74 Å². The lowest BCUT2D eigenvalue weighted by Crippen LogP contribution is -2.50. The molecule has 2 aromatic carbocycles. The molecule has 0 saturated carbocycles. The molecule has 3 aromatic rings. The molecule has 8 bridgehead atoms. The molecule has 9 nitrogen and oxygen atoms in total. The summed E-state index contributed by atoms with van der Waals surface area (Å²) < 4.78 is 5.77. The Morgan fingerprint density at radius 2 is 1.64 bits per heavy atom. The van der Waals surface area contributed by atoms with Gasteiger partial charge in [0.15, 0.2) is 5.78 Å². The molecule has 6 heterocycles. The van der Waals surface area contributed by atoms with Crippen LogP contribution in [0.2, 0.25) is 0 Å². The minimum absolute atomic E-state index is 0.0537. The zero-order chi connectivity index (χ0) is 27.2. The Labute approximate surface area is 229 Å². The molecule has 0 radical (unpaired) electrons. The molecule has 9 heteroatoms. The van der Waals surface area contributed by atoms with E-state index in [0.717, 1.165) is 31.0 Å². The number of benzene rings is 2. The average Bonchev–Trinajstić information content (AvgIpc) is 2.92. The van der Waals surface area contributed by atoms with Gasteiger partial charge in [0.05, 0.1) is 0 Å². The summed E-state index contributed by atoms with van der Waals surface area (Å²) in [6.45, 7) is 7.86. The van der Waals surface area contributed by atoms with Crippen molar-refractivity contribution in [3.05, 3.63) is 66.5 Å². The second-order valence-electron chi connectivity index (χ2n) is 10.7. The SMILES string of the molecule is CC(C)CC1CC(=O)COc2ccc(cc2)Nc2cc(ncn2)Nc2cccc(c2)CN2CCN(CC2)C1=O. The van der Waals surface area contributed by atoms with Crippen LogP contribution in [0.1, 0.15) is 32.3 Å². The summed E-state index contributed by atoms with van der Waals surface area (Å²) in [4.78, 5) is 39.3. The van der Waals surface area contributed by atoms with Gasteiger partial charge < -0.3 is 20.3 Å². The number of hydrogen-bond acceptors (Lipinski definition) is 8. The van der Waals surface area contributed by atoms with Gasteiger partial charge in [-0.1, -0.05) is 26.0 Å². The van der Waals surface area contributed by atoms with Crippen molar-refractivity contribution >= 4 is 34.7 Å². The van der Waals surface area contributed by atoms with E-state index >= 15 is 0 Å². The van der Waals surface area contributed by atoms with Crippen molar-refractivity contribution in [1.82, 2.24) is 19.8 Å². The first-order chi connectivity index (χ1) is 18.9. The fourth-order valence-corrected chi connectivity index (χ4v) is 5.15. The van der Waals surface area contributed by atoms with Crippen molar-refractivity contribution in [3.8, 4) is 5.75 Å². The van der Waals surface area contributed by atoms with E-state index in [1.807, 2.05) is 47.4 Å². The molecule has 39 heavy (non-hydrogen) atoms. The van der Waals surface area contributed by atoms with Crippen LogP contribution in [0.25, 0.3) is 0 Å². The Kier molecular flexibility index (Phi) is 8.36.